The lowest BCUT2D eigenvalue weighted by atomic mass is 10.2. The smallest absolute Gasteiger partial charge is 0.248 e. The molecule has 28 heavy (non-hydrogen) atoms. The fourth-order valence-electron chi connectivity index (χ4n) is 2.88. The lowest BCUT2D eigenvalue weighted by Crippen LogP contribution is -2.35. The summed E-state index contributed by atoms with van der Waals surface area (Å²) in [5.41, 5.74) is 9.74. The minimum Gasteiger partial charge on any atom is -0.323 e. The van der Waals surface area contributed by atoms with Gasteiger partial charge in [0.2, 0.25) is 5.91 Å². The molecule has 0 bridgehead atoms. The van der Waals surface area contributed by atoms with Crippen molar-refractivity contribution >= 4 is 57.6 Å². The quantitative estimate of drug-likeness (QED) is 0.583. The van der Waals surface area contributed by atoms with Crippen molar-refractivity contribution < 1.29 is 4.79 Å². The summed E-state index contributed by atoms with van der Waals surface area (Å²) in [6.45, 7) is 0. The van der Waals surface area contributed by atoms with E-state index < -0.39 is 0 Å². The summed E-state index contributed by atoms with van der Waals surface area (Å²) in [6, 6.07) is 16.8. The normalized spacial score (nSPS) is 15.6. The Morgan fingerprint density at radius 3 is 2.75 bits per heavy atom. The fourth-order valence-corrected chi connectivity index (χ4v) is 3.86. The van der Waals surface area contributed by atoms with Crippen molar-refractivity contribution in [3.63, 3.8) is 0 Å². The number of nitrogens with zero attached hydrogens (tertiary/aromatic N) is 2. The lowest BCUT2D eigenvalue weighted by molar-refractivity contribution is -0.111. The molecule has 0 aliphatic carbocycles. The van der Waals surface area contributed by atoms with Gasteiger partial charge in [0.05, 0.1) is 6.34 Å². The predicted octanol–water partition coefficient (Wildman–Crippen LogP) is 5.19. The minimum atomic E-state index is -0.280. The number of anilines is 2. The van der Waals surface area contributed by atoms with Crippen molar-refractivity contribution in [2.24, 2.45) is 10.7 Å². The SMILES string of the molecule is NC1c2ccsc2N=CN1c1ccc(NC(=O)C=Cc2ccccc2Cl)cc1. The van der Waals surface area contributed by atoms with Crippen molar-refractivity contribution in [1.82, 2.24) is 0 Å². The summed E-state index contributed by atoms with van der Waals surface area (Å²) in [5, 5.41) is 6.36. The molecule has 5 nitrogen and oxygen atoms in total. The first-order valence-corrected chi connectivity index (χ1v) is 9.87. The molecule has 3 aromatic rings. The summed E-state index contributed by atoms with van der Waals surface area (Å²) < 4.78 is 0. The van der Waals surface area contributed by atoms with E-state index in [4.69, 9.17) is 17.3 Å². The highest BCUT2D eigenvalue weighted by Gasteiger charge is 2.23. The molecule has 1 aliphatic rings. The van der Waals surface area contributed by atoms with E-state index in [1.165, 1.54) is 6.08 Å². The third-order valence-electron chi connectivity index (χ3n) is 4.34. The number of halogens is 1. The molecule has 1 unspecified atom stereocenters. The van der Waals surface area contributed by atoms with Crippen molar-refractivity contribution in [2.75, 3.05) is 10.2 Å². The molecule has 0 saturated heterocycles. The van der Waals surface area contributed by atoms with Crippen LogP contribution < -0.4 is 16.0 Å². The predicted molar refractivity (Wildman–Crippen MR) is 117 cm³/mol. The molecule has 1 aromatic heterocycles. The number of amides is 1. The maximum absolute atomic E-state index is 12.2. The molecular weight excluding hydrogens is 392 g/mol. The summed E-state index contributed by atoms with van der Waals surface area (Å²) in [4.78, 5) is 18.5. The Kier molecular flexibility index (Phi) is 5.25. The van der Waals surface area contributed by atoms with Crippen LogP contribution in [0.1, 0.15) is 17.3 Å². The highest BCUT2D eigenvalue weighted by atomic mass is 35.5. The summed E-state index contributed by atoms with van der Waals surface area (Å²) in [5.74, 6) is -0.230. The molecule has 140 valence electrons. The second-order valence-electron chi connectivity index (χ2n) is 6.17. The van der Waals surface area contributed by atoms with Gasteiger partial charge in [-0.2, -0.15) is 0 Å². The highest BCUT2D eigenvalue weighted by Crippen LogP contribution is 2.36. The molecule has 3 N–H and O–H groups in total. The summed E-state index contributed by atoms with van der Waals surface area (Å²) >= 11 is 7.66. The van der Waals surface area contributed by atoms with Gasteiger partial charge in [-0.05, 0) is 53.4 Å². The topological polar surface area (TPSA) is 70.7 Å². The third kappa shape index (κ3) is 3.84. The van der Waals surface area contributed by atoms with Gasteiger partial charge in [-0.3, -0.25) is 4.79 Å². The zero-order valence-electron chi connectivity index (χ0n) is 14.7. The van der Waals surface area contributed by atoms with Gasteiger partial charge in [0.25, 0.3) is 0 Å². The van der Waals surface area contributed by atoms with Crippen LogP contribution >= 0.6 is 22.9 Å². The number of hydrogen-bond acceptors (Lipinski definition) is 5. The Morgan fingerprint density at radius 1 is 1.18 bits per heavy atom. The van der Waals surface area contributed by atoms with E-state index in [9.17, 15) is 4.79 Å². The third-order valence-corrected chi connectivity index (χ3v) is 5.53. The largest absolute Gasteiger partial charge is 0.323 e. The summed E-state index contributed by atoms with van der Waals surface area (Å²) in [6.07, 6.45) is 4.61. The van der Waals surface area contributed by atoms with E-state index in [0.29, 0.717) is 10.7 Å². The molecule has 1 atom stereocenters. The van der Waals surface area contributed by atoms with Gasteiger partial charge >= 0.3 is 0 Å². The molecule has 0 fully saturated rings. The second kappa shape index (κ2) is 7.98. The Bertz CT molecular complexity index is 1060. The van der Waals surface area contributed by atoms with Crippen LogP contribution in [-0.2, 0) is 4.79 Å². The maximum Gasteiger partial charge on any atom is 0.248 e. The number of thiophene rings is 1. The molecule has 0 saturated carbocycles. The Labute approximate surface area is 171 Å². The number of rotatable bonds is 4. The Balaban J connectivity index is 1.42. The van der Waals surface area contributed by atoms with Gasteiger partial charge in [-0.1, -0.05) is 29.8 Å². The van der Waals surface area contributed by atoms with Crippen molar-refractivity contribution in [1.29, 1.82) is 0 Å². The summed E-state index contributed by atoms with van der Waals surface area (Å²) in [7, 11) is 0. The number of aliphatic imine (C=N–C) groups is 1. The van der Waals surface area contributed by atoms with Crippen LogP contribution in [0.25, 0.3) is 6.08 Å². The van der Waals surface area contributed by atoms with Crippen LogP contribution in [0.2, 0.25) is 5.02 Å². The van der Waals surface area contributed by atoms with Crippen molar-refractivity contribution in [3.05, 3.63) is 82.2 Å². The van der Waals surface area contributed by atoms with Gasteiger partial charge in [0.15, 0.2) is 0 Å². The number of carbonyl (C=O) groups excluding carboxylic acids is 1. The number of nitrogens with one attached hydrogen (secondary N) is 1. The fraction of sp³-hybridized carbons (Fsp3) is 0.0476. The van der Waals surface area contributed by atoms with Crippen LogP contribution in [0.15, 0.2) is 71.0 Å². The second-order valence-corrected chi connectivity index (χ2v) is 7.47. The monoisotopic (exact) mass is 408 g/mol. The molecule has 0 spiro atoms. The van der Waals surface area contributed by atoms with Gasteiger partial charge in [-0.15, -0.1) is 11.3 Å². The zero-order chi connectivity index (χ0) is 19.5. The number of nitrogens with two attached hydrogens (primary N) is 1. The van der Waals surface area contributed by atoms with E-state index in [-0.39, 0.29) is 12.1 Å². The maximum atomic E-state index is 12.2. The molecule has 7 heteroatoms. The Morgan fingerprint density at radius 2 is 1.96 bits per heavy atom. The number of hydrogen-bond donors (Lipinski definition) is 2. The molecule has 2 aromatic carbocycles. The molecular formula is C21H17ClN4OS. The zero-order valence-corrected chi connectivity index (χ0v) is 16.3. The average molecular weight is 409 g/mol. The molecule has 1 amide bonds. The van der Waals surface area contributed by atoms with Crippen LogP contribution in [0.4, 0.5) is 16.4 Å². The number of fused-ring (bicyclic) bond motifs is 1. The van der Waals surface area contributed by atoms with E-state index >= 15 is 0 Å². The van der Waals surface area contributed by atoms with E-state index in [2.05, 4.69) is 10.3 Å². The standard InChI is InChI=1S/C21H17ClN4OS/c22-18-4-2-1-3-14(18)5-10-19(27)25-15-6-8-16(9-7-15)26-13-24-21-17(20(26)23)11-12-28-21/h1-13,20H,23H2,(H,25,27). The van der Waals surface area contributed by atoms with Gasteiger partial charge in [-0.25, -0.2) is 4.99 Å². The van der Waals surface area contributed by atoms with E-state index in [1.807, 2.05) is 58.8 Å². The lowest BCUT2D eigenvalue weighted by Gasteiger charge is -2.29. The van der Waals surface area contributed by atoms with Crippen LogP contribution in [0.3, 0.4) is 0 Å². The molecule has 0 radical (unpaired) electrons. The first-order valence-electron chi connectivity index (χ1n) is 8.61. The molecule has 2 heterocycles. The van der Waals surface area contributed by atoms with Crippen LogP contribution in [0.5, 0.6) is 0 Å². The first-order chi connectivity index (χ1) is 13.6. The number of benzene rings is 2. The van der Waals surface area contributed by atoms with Crippen molar-refractivity contribution in [2.45, 2.75) is 6.17 Å². The minimum absolute atomic E-state index is 0.230. The van der Waals surface area contributed by atoms with Gasteiger partial charge in [0.1, 0.15) is 11.2 Å². The number of carbonyl (C=O) groups is 1. The van der Waals surface area contributed by atoms with Crippen LogP contribution in [-0.4, -0.2) is 12.2 Å². The Hall–Kier alpha value is -2.93. The van der Waals surface area contributed by atoms with E-state index in [1.54, 1.807) is 29.8 Å². The first kappa shape index (κ1) is 18.4. The van der Waals surface area contributed by atoms with Crippen LogP contribution in [0, 0.1) is 0 Å². The highest BCUT2D eigenvalue weighted by molar-refractivity contribution is 7.14. The average Bonchev–Trinajstić information content (AvgIpc) is 3.18. The van der Waals surface area contributed by atoms with E-state index in [0.717, 1.165) is 21.8 Å². The van der Waals surface area contributed by atoms with Gasteiger partial charge < -0.3 is 16.0 Å². The van der Waals surface area contributed by atoms with Gasteiger partial charge in [0, 0.05) is 28.0 Å². The van der Waals surface area contributed by atoms with Crippen molar-refractivity contribution in [3.8, 4) is 0 Å². The molecule has 1 aliphatic heterocycles. The molecule has 4 rings (SSSR count).